The molecule has 1 heteroatoms. The Morgan fingerprint density at radius 2 is 1.75 bits per heavy atom. The normalized spacial score (nSPS) is 16.6. The molecule has 1 aliphatic rings. The van der Waals surface area contributed by atoms with Crippen LogP contribution in [0.15, 0.2) is 24.3 Å². The molecular weight excluding hydrogens is 263 g/mol. The van der Waals surface area contributed by atoms with E-state index in [9.17, 15) is 0 Å². The van der Waals surface area contributed by atoms with Crippen molar-refractivity contribution < 1.29 is 25.8 Å². The third-order valence-corrected chi connectivity index (χ3v) is 1.30. The minimum absolute atomic E-state index is 0. The Kier molecular flexibility index (Phi) is 4.44. The van der Waals surface area contributed by atoms with E-state index in [1.807, 2.05) is 0 Å². The van der Waals surface area contributed by atoms with Gasteiger partial charge in [-0.2, -0.15) is 0 Å². The van der Waals surface area contributed by atoms with Crippen LogP contribution in [0.5, 0.6) is 0 Å². The van der Waals surface area contributed by atoms with Gasteiger partial charge in [-0.05, 0) is 12.3 Å². The van der Waals surface area contributed by atoms with E-state index in [0.717, 1.165) is 5.92 Å². The van der Waals surface area contributed by atoms with E-state index in [0.29, 0.717) is 0 Å². The van der Waals surface area contributed by atoms with Crippen LogP contribution in [0.1, 0.15) is 13.3 Å². The summed E-state index contributed by atoms with van der Waals surface area (Å²) in [5, 5.41) is 0. The zero-order chi connectivity index (χ0) is 5.11. The van der Waals surface area contributed by atoms with Crippen LogP contribution in [0.3, 0.4) is 0 Å². The smallest absolute Gasteiger partial charge is 0 e. The molecule has 8 heavy (non-hydrogen) atoms. The minimum Gasteiger partial charge on any atom is -0.0776 e. The summed E-state index contributed by atoms with van der Waals surface area (Å²) in [5.41, 5.74) is 0. The van der Waals surface area contributed by atoms with Crippen LogP contribution in [0.2, 0.25) is 0 Å². The Morgan fingerprint density at radius 3 is 2.00 bits per heavy atom. The maximum absolute atomic E-state index is 2.22. The molecule has 0 aliphatic heterocycles. The average molecular weight is 273 g/mol. The maximum atomic E-state index is 2.22. The molecular formula is C7H10Hf. The van der Waals surface area contributed by atoms with E-state index in [1.165, 1.54) is 6.42 Å². The molecule has 0 atom stereocenters. The topological polar surface area (TPSA) is 0 Å². The summed E-state index contributed by atoms with van der Waals surface area (Å²) in [5.74, 6) is 0.736. The molecule has 0 aromatic heterocycles. The molecule has 1 rings (SSSR count). The standard InChI is InChI=1S/C7H10.Hf/c1-2-7-5-3-4-6-7;/h3-7H,2H2,1H3;. The van der Waals surface area contributed by atoms with Crippen molar-refractivity contribution in [3.8, 4) is 0 Å². The number of hydrogen-bond donors (Lipinski definition) is 0. The molecule has 0 unspecified atom stereocenters. The van der Waals surface area contributed by atoms with Crippen molar-refractivity contribution in [3.63, 3.8) is 0 Å². The number of hydrogen-bond acceptors (Lipinski definition) is 0. The average Bonchev–Trinajstić information content (AvgIpc) is 2.14. The Balaban J connectivity index is 0.000000490. The zero-order valence-corrected chi connectivity index (χ0v) is 8.69. The molecule has 0 aromatic rings. The second-order valence-corrected chi connectivity index (χ2v) is 1.84. The van der Waals surface area contributed by atoms with Crippen molar-refractivity contribution in [2.75, 3.05) is 0 Å². The molecule has 42 valence electrons. The Morgan fingerprint density at radius 1 is 1.25 bits per heavy atom. The number of rotatable bonds is 1. The van der Waals surface area contributed by atoms with E-state index in [-0.39, 0.29) is 25.8 Å². The first-order valence-electron chi connectivity index (χ1n) is 2.78. The van der Waals surface area contributed by atoms with Crippen molar-refractivity contribution in [2.45, 2.75) is 13.3 Å². The molecule has 0 bridgehead atoms. The first kappa shape index (κ1) is 8.35. The van der Waals surface area contributed by atoms with Gasteiger partial charge in [-0.3, -0.25) is 0 Å². The van der Waals surface area contributed by atoms with Gasteiger partial charge in [-0.1, -0.05) is 31.2 Å². The first-order chi connectivity index (χ1) is 3.43. The van der Waals surface area contributed by atoms with Crippen LogP contribution in [0.25, 0.3) is 0 Å². The zero-order valence-electron chi connectivity index (χ0n) is 5.09. The first-order valence-corrected chi connectivity index (χ1v) is 2.78. The summed E-state index contributed by atoms with van der Waals surface area (Å²) >= 11 is 0. The summed E-state index contributed by atoms with van der Waals surface area (Å²) in [6.07, 6.45) is 9.90. The fourth-order valence-corrected chi connectivity index (χ4v) is 0.750. The summed E-state index contributed by atoms with van der Waals surface area (Å²) in [6, 6.07) is 0. The van der Waals surface area contributed by atoms with Gasteiger partial charge in [0.2, 0.25) is 0 Å². The predicted octanol–water partition coefficient (Wildman–Crippen LogP) is 2.14. The van der Waals surface area contributed by atoms with Gasteiger partial charge in [-0.15, -0.1) is 0 Å². The Bertz CT molecular complexity index is 91.0. The molecule has 0 spiro atoms. The van der Waals surface area contributed by atoms with Gasteiger partial charge in [0.25, 0.3) is 0 Å². The van der Waals surface area contributed by atoms with Crippen molar-refractivity contribution in [2.24, 2.45) is 5.92 Å². The van der Waals surface area contributed by atoms with Crippen LogP contribution >= 0.6 is 0 Å². The van der Waals surface area contributed by atoms with E-state index < -0.39 is 0 Å². The van der Waals surface area contributed by atoms with Crippen molar-refractivity contribution >= 4 is 0 Å². The van der Waals surface area contributed by atoms with Crippen LogP contribution < -0.4 is 0 Å². The second kappa shape index (κ2) is 4.25. The molecule has 0 saturated heterocycles. The molecule has 0 saturated carbocycles. The SMILES string of the molecule is CCC1C=CC=C1.[Hf]. The third-order valence-electron chi connectivity index (χ3n) is 1.30. The monoisotopic (exact) mass is 274 g/mol. The minimum atomic E-state index is 0. The van der Waals surface area contributed by atoms with E-state index in [1.54, 1.807) is 0 Å². The predicted molar refractivity (Wildman–Crippen MR) is 32.1 cm³/mol. The molecule has 0 fully saturated rings. The quantitative estimate of drug-likeness (QED) is 0.642. The van der Waals surface area contributed by atoms with E-state index in [2.05, 4.69) is 31.2 Å². The summed E-state index contributed by atoms with van der Waals surface area (Å²) in [4.78, 5) is 0. The molecule has 0 heterocycles. The largest absolute Gasteiger partial charge is 0.0776 e. The number of allylic oxidation sites excluding steroid dienone is 4. The van der Waals surface area contributed by atoms with Gasteiger partial charge in [0.1, 0.15) is 0 Å². The second-order valence-electron chi connectivity index (χ2n) is 1.84. The van der Waals surface area contributed by atoms with Crippen LogP contribution in [0, 0.1) is 5.92 Å². The van der Waals surface area contributed by atoms with Crippen LogP contribution in [-0.4, -0.2) is 0 Å². The van der Waals surface area contributed by atoms with Crippen molar-refractivity contribution in [3.05, 3.63) is 24.3 Å². The van der Waals surface area contributed by atoms with Gasteiger partial charge >= 0.3 is 0 Å². The maximum Gasteiger partial charge on any atom is 0 e. The van der Waals surface area contributed by atoms with Crippen molar-refractivity contribution in [1.29, 1.82) is 0 Å². The molecule has 1 aliphatic carbocycles. The van der Waals surface area contributed by atoms with E-state index in [4.69, 9.17) is 0 Å². The van der Waals surface area contributed by atoms with Gasteiger partial charge < -0.3 is 0 Å². The summed E-state index contributed by atoms with van der Waals surface area (Å²) in [6.45, 7) is 2.20. The third kappa shape index (κ3) is 2.08. The van der Waals surface area contributed by atoms with Crippen LogP contribution in [-0.2, 0) is 25.8 Å². The van der Waals surface area contributed by atoms with Crippen molar-refractivity contribution in [1.82, 2.24) is 0 Å². The Hall–Kier alpha value is 0.350. The van der Waals surface area contributed by atoms with Gasteiger partial charge in [0.15, 0.2) is 0 Å². The molecule has 0 radical (unpaired) electrons. The van der Waals surface area contributed by atoms with Crippen LogP contribution in [0.4, 0.5) is 0 Å². The van der Waals surface area contributed by atoms with Gasteiger partial charge in [0, 0.05) is 25.8 Å². The fraction of sp³-hybridized carbons (Fsp3) is 0.429. The molecule has 0 amide bonds. The Labute approximate surface area is 69.5 Å². The molecule has 0 N–H and O–H groups in total. The molecule has 0 aromatic carbocycles. The van der Waals surface area contributed by atoms with E-state index >= 15 is 0 Å². The van der Waals surface area contributed by atoms with Gasteiger partial charge in [0.05, 0.1) is 0 Å². The fourth-order valence-electron chi connectivity index (χ4n) is 0.750. The van der Waals surface area contributed by atoms with Gasteiger partial charge in [-0.25, -0.2) is 0 Å². The summed E-state index contributed by atoms with van der Waals surface area (Å²) < 4.78 is 0. The summed E-state index contributed by atoms with van der Waals surface area (Å²) in [7, 11) is 0. The molecule has 0 nitrogen and oxygen atoms in total.